The molecule has 1 saturated heterocycles. The molecular weight excluding hydrogens is 490 g/mol. The van der Waals surface area contributed by atoms with Gasteiger partial charge in [-0.05, 0) is 74.1 Å². The minimum absolute atomic E-state index is 0.183. The second kappa shape index (κ2) is 10.3. The molecule has 0 aromatic heterocycles. The zero-order chi connectivity index (χ0) is 26.1. The highest BCUT2D eigenvalue weighted by atomic mass is 35.5. The number of hydrogen-bond donors (Lipinski definition) is 0. The largest absolute Gasteiger partial charge is 0.451 e. The summed E-state index contributed by atoms with van der Waals surface area (Å²) in [7, 11) is 0. The van der Waals surface area contributed by atoms with Gasteiger partial charge in [0.1, 0.15) is 0 Å². The maximum Gasteiger partial charge on any atom is 0.338 e. The Morgan fingerprint density at radius 2 is 1.57 bits per heavy atom. The molecule has 188 valence electrons. The molecule has 3 aromatic carbocycles. The minimum atomic E-state index is -1.01. The predicted octanol–water partition coefficient (Wildman–Crippen LogP) is 5.84. The number of halogens is 1. The summed E-state index contributed by atoms with van der Waals surface area (Å²) in [6.07, 6.45) is 1.19. The molecule has 0 radical (unpaired) electrons. The van der Waals surface area contributed by atoms with E-state index in [0.717, 1.165) is 6.42 Å². The number of esters is 1. The Balaban J connectivity index is 1.26. The van der Waals surface area contributed by atoms with Crippen molar-refractivity contribution in [3.05, 3.63) is 101 Å². The third-order valence-electron chi connectivity index (χ3n) is 7.32. The van der Waals surface area contributed by atoms with E-state index in [1.165, 1.54) is 35.6 Å². The summed E-state index contributed by atoms with van der Waals surface area (Å²) in [5, 5.41) is 0.418. The molecule has 2 fully saturated rings. The average molecular weight is 516 g/mol. The summed E-state index contributed by atoms with van der Waals surface area (Å²) >= 11 is 5.95. The smallest absolute Gasteiger partial charge is 0.338 e. The SMILES string of the molecule is C[C@H](OC(=O)c1ccc(N2C(=O)[C@H]3CC[C@H](c4ccccc4)C[C@@H]3C2=O)cc1)C(=O)c1cccc(Cl)c1. The van der Waals surface area contributed by atoms with Crippen LogP contribution in [0.2, 0.25) is 5.02 Å². The number of hydrogen-bond acceptors (Lipinski definition) is 5. The number of rotatable bonds is 6. The van der Waals surface area contributed by atoms with Gasteiger partial charge in [-0.15, -0.1) is 0 Å². The van der Waals surface area contributed by atoms with E-state index in [2.05, 4.69) is 12.1 Å². The molecule has 5 rings (SSSR count). The van der Waals surface area contributed by atoms with E-state index in [9.17, 15) is 19.2 Å². The van der Waals surface area contributed by atoms with Gasteiger partial charge in [0, 0.05) is 10.6 Å². The summed E-state index contributed by atoms with van der Waals surface area (Å²) in [5.41, 5.74) is 2.20. The molecule has 1 aliphatic carbocycles. The van der Waals surface area contributed by atoms with E-state index in [-0.39, 0.29) is 40.9 Å². The van der Waals surface area contributed by atoms with Gasteiger partial charge >= 0.3 is 5.97 Å². The molecule has 1 heterocycles. The first-order valence-electron chi connectivity index (χ1n) is 12.4. The Morgan fingerprint density at radius 3 is 2.27 bits per heavy atom. The zero-order valence-electron chi connectivity index (χ0n) is 20.3. The highest BCUT2D eigenvalue weighted by Gasteiger charge is 2.50. The molecule has 7 heteroatoms. The van der Waals surface area contributed by atoms with Crippen LogP contribution in [0.1, 0.15) is 58.4 Å². The van der Waals surface area contributed by atoms with Crippen molar-refractivity contribution in [2.24, 2.45) is 11.8 Å². The first-order chi connectivity index (χ1) is 17.8. The van der Waals surface area contributed by atoms with E-state index in [0.29, 0.717) is 29.1 Å². The lowest BCUT2D eigenvalue weighted by atomic mass is 9.73. The second-order valence-electron chi connectivity index (χ2n) is 9.61. The van der Waals surface area contributed by atoms with Crippen LogP contribution in [-0.4, -0.2) is 29.7 Å². The molecule has 0 spiro atoms. The number of Topliss-reactive ketones (excluding diaryl/α,β-unsaturated/α-hetero) is 1. The van der Waals surface area contributed by atoms with Gasteiger partial charge in [0.15, 0.2) is 6.10 Å². The average Bonchev–Trinajstić information content (AvgIpc) is 3.17. The van der Waals surface area contributed by atoms with Crippen LogP contribution in [0.3, 0.4) is 0 Å². The fraction of sp³-hybridized carbons (Fsp3) is 0.267. The fourth-order valence-electron chi connectivity index (χ4n) is 5.37. The minimum Gasteiger partial charge on any atom is -0.451 e. The fourth-order valence-corrected chi connectivity index (χ4v) is 5.56. The number of imide groups is 1. The normalized spacial score (nSPS) is 21.9. The number of fused-ring (bicyclic) bond motifs is 1. The van der Waals surface area contributed by atoms with Crippen molar-refractivity contribution in [3.8, 4) is 0 Å². The number of ether oxygens (including phenoxy) is 1. The molecule has 2 aliphatic rings. The van der Waals surface area contributed by atoms with Crippen molar-refractivity contribution in [3.63, 3.8) is 0 Å². The van der Waals surface area contributed by atoms with Crippen LogP contribution in [0.15, 0.2) is 78.9 Å². The van der Waals surface area contributed by atoms with Crippen molar-refractivity contribution in [1.82, 2.24) is 0 Å². The van der Waals surface area contributed by atoms with E-state index >= 15 is 0 Å². The predicted molar refractivity (Wildman–Crippen MR) is 140 cm³/mol. The molecule has 0 bridgehead atoms. The summed E-state index contributed by atoms with van der Waals surface area (Å²) in [4.78, 5) is 52.9. The van der Waals surface area contributed by atoms with Crippen LogP contribution in [0, 0.1) is 11.8 Å². The lowest BCUT2D eigenvalue weighted by Gasteiger charge is -2.28. The van der Waals surface area contributed by atoms with E-state index in [4.69, 9.17) is 16.3 Å². The Labute approximate surface area is 220 Å². The van der Waals surface area contributed by atoms with Crippen LogP contribution in [0.5, 0.6) is 0 Å². The number of carbonyl (C=O) groups excluding carboxylic acids is 4. The number of carbonyl (C=O) groups is 4. The monoisotopic (exact) mass is 515 g/mol. The summed E-state index contributed by atoms with van der Waals surface area (Å²) in [6.45, 7) is 1.50. The lowest BCUT2D eigenvalue weighted by molar-refractivity contribution is -0.122. The molecule has 37 heavy (non-hydrogen) atoms. The van der Waals surface area contributed by atoms with Gasteiger partial charge in [0.25, 0.3) is 0 Å². The van der Waals surface area contributed by atoms with Crippen molar-refractivity contribution >= 4 is 40.9 Å². The molecule has 1 saturated carbocycles. The standard InChI is InChI=1S/C30H26ClNO5/c1-18(27(33)22-8-5-9-23(31)16-22)37-30(36)20-10-13-24(14-11-20)32-28(34)25-15-12-21(17-26(25)29(32)35)19-6-3-2-4-7-19/h2-11,13-14,16,18,21,25-26H,12,15,17H2,1H3/t18-,21-,25-,26-/m0/s1. The van der Waals surface area contributed by atoms with E-state index in [1.807, 2.05) is 18.2 Å². The third kappa shape index (κ3) is 4.94. The summed E-state index contributed by atoms with van der Waals surface area (Å²) in [5.74, 6) is -1.80. The number of amides is 2. The molecule has 6 nitrogen and oxygen atoms in total. The first kappa shape index (κ1) is 24.9. The van der Waals surface area contributed by atoms with Crippen LogP contribution in [0.25, 0.3) is 0 Å². The van der Waals surface area contributed by atoms with Crippen LogP contribution in [0.4, 0.5) is 5.69 Å². The van der Waals surface area contributed by atoms with Crippen LogP contribution in [-0.2, 0) is 14.3 Å². The highest BCUT2D eigenvalue weighted by Crippen LogP contribution is 2.45. The summed E-state index contributed by atoms with van der Waals surface area (Å²) in [6, 6.07) is 22.7. The Hall–Kier alpha value is -3.77. The van der Waals surface area contributed by atoms with Gasteiger partial charge in [-0.2, -0.15) is 0 Å². The molecular formula is C30H26ClNO5. The first-order valence-corrected chi connectivity index (χ1v) is 12.7. The number of ketones is 1. The third-order valence-corrected chi connectivity index (χ3v) is 7.55. The zero-order valence-corrected chi connectivity index (χ0v) is 21.1. The molecule has 3 aromatic rings. The Kier molecular flexibility index (Phi) is 6.94. The highest BCUT2D eigenvalue weighted by molar-refractivity contribution is 6.31. The molecule has 2 amide bonds. The number of nitrogens with zero attached hydrogens (tertiary/aromatic N) is 1. The maximum atomic E-state index is 13.3. The van der Waals surface area contributed by atoms with Crippen LogP contribution < -0.4 is 4.90 Å². The lowest BCUT2D eigenvalue weighted by Crippen LogP contribution is -2.31. The molecule has 0 unspecified atom stereocenters. The van der Waals surface area contributed by atoms with Gasteiger partial charge in [-0.1, -0.05) is 54.1 Å². The second-order valence-corrected chi connectivity index (χ2v) is 10.1. The molecule has 4 atom stereocenters. The van der Waals surface area contributed by atoms with Gasteiger partial charge < -0.3 is 4.74 Å². The molecule has 1 aliphatic heterocycles. The Bertz CT molecular complexity index is 1350. The van der Waals surface area contributed by atoms with Crippen molar-refractivity contribution in [1.29, 1.82) is 0 Å². The van der Waals surface area contributed by atoms with E-state index in [1.54, 1.807) is 30.3 Å². The summed E-state index contributed by atoms with van der Waals surface area (Å²) < 4.78 is 5.35. The van der Waals surface area contributed by atoms with Gasteiger partial charge in [0.05, 0.1) is 23.1 Å². The maximum absolute atomic E-state index is 13.3. The molecule has 0 N–H and O–H groups in total. The van der Waals surface area contributed by atoms with Gasteiger partial charge in [-0.3, -0.25) is 19.3 Å². The topological polar surface area (TPSA) is 80.8 Å². The van der Waals surface area contributed by atoms with Crippen molar-refractivity contribution in [2.45, 2.75) is 38.2 Å². The van der Waals surface area contributed by atoms with E-state index < -0.39 is 12.1 Å². The number of anilines is 1. The van der Waals surface area contributed by atoms with Crippen molar-refractivity contribution < 1.29 is 23.9 Å². The van der Waals surface area contributed by atoms with Crippen molar-refractivity contribution in [2.75, 3.05) is 4.90 Å². The van der Waals surface area contributed by atoms with Gasteiger partial charge in [0.2, 0.25) is 17.6 Å². The van der Waals surface area contributed by atoms with Gasteiger partial charge in [-0.25, -0.2) is 4.79 Å². The number of benzene rings is 3. The quantitative estimate of drug-likeness (QED) is 0.234. The van der Waals surface area contributed by atoms with Crippen LogP contribution >= 0.6 is 11.6 Å². The Morgan fingerprint density at radius 1 is 0.865 bits per heavy atom.